The van der Waals surface area contributed by atoms with E-state index in [0.717, 1.165) is 6.42 Å². The Balaban J connectivity index is 2.36. The van der Waals surface area contributed by atoms with Crippen LogP contribution in [0.25, 0.3) is 0 Å². The van der Waals surface area contributed by atoms with Crippen molar-refractivity contribution in [1.82, 2.24) is 0 Å². The highest BCUT2D eigenvalue weighted by atomic mass is 32.2. The first-order chi connectivity index (χ1) is 9.60. The zero-order chi connectivity index (χ0) is 14.8. The molecule has 0 aliphatic carbocycles. The number of hydrogen-bond donors (Lipinski definition) is 0. The second-order valence-electron chi connectivity index (χ2n) is 4.18. The minimum atomic E-state index is -3.36. The molecule has 0 aromatic heterocycles. The van der Waals surface area contributed by atoms with Crippen LogP contribution in [-0.4, -0.2) is 40.6 Å². The number of rotatable bonds is 9. The average molecular weight is 297 g/mol. The van der Waals surface area contributed by atoms with Crippen molar-refractivity contribution in [2.24, 2.45) is 0 Å². The van der Waals surface area contributed by atoms with E-state index >= 15 is 0 Å². The van der Waals surface area contributed by atoms with Crippen LogP contribution >= 0.6 is 0 Å². The lowest BCUT2D eigenvalue weighted by molar-refractivity contribution is 0.0537. The van der Waals surface area contributed by atoms with Crippen molar-refractivity contribution in [1.29, 1.82) is 5.26 Å². The summed E-state index contributed by atoms with van der Waals surface area (Å²) in [6, 6.07) is 7.82. The molecule has 5 nitrogen and oxygen atoms in total. The number of hydrogen-bond acceptors (Lipinski definition) is 5. The van der Waals surface area contributed by atoms with Crippen molar-refractivity contribution >= 4 is 9.84 Å². The zero-order valence-corrected chi connectivity index (χ0v) is 12.4. The quantitative estimate of drug-likeness (QED) is 0.649. The number of nitrogens with zero attached hydrogens (tertiary/aromatic N) is 1. The van der Waals surface area contributed by atoms with Gasteiger partial charge in [0, 0.05) is 6.61 Å². The molecule has 20 heavy (non-hydrogen) atoms. The number of ether oxygens (including phenoxy) is 2. The summed E-state index contributed by atoms with van der Waals surface area (Å²) in [4.78, 5) is 0.210. The Bertz CT molecular complexity index is 531. The Labute approximate surface area is 120 Å². The van der Waals surface area contributed by atoms with Gasteiger partial charge in [-0.2, -0.15) is 5.26 Å². The van der Waals surface area contributed by atoms with Gasteiger partial charge in [0.1, 0.15) is 0 Å². The van der Waals surface area contributed by atoms with E-state index in [-0.39, 0.29) is 17.3 Å². The fraction of sp³-hybridized carbons (Fsp3) is 0.500. The van der Waals surface area contributed by atoms with Crippen LogP contribution in [0.2, 0.25) is 0 Å². The molecule has 0 bridgehead atoms. The smallest absolute Gasteiger partial charge is 0.180 e. The van der Waals surface area contributed by atoms with Gasteiger partial charge in [-0.05, 0) is 30.7 Å². The lowest BCUT2D eigenvalue weighted by Gasteiger charge is -2.06. The maximum atomic E-state index is 12.0. The summed E-state index contributed by atoms with van der Waals surface area (Å²) in [5, 5.41) is 8.66. The first kappa shape index (κ1) is 16.6. The van der Waals surface area contributed by atoms with Gasteiger partial charge in [-0.25, -0.2) is 8.42 Å². The fourth-order valence-electron chi connectivity index (χ4n) is 1.49. The molecule has 0 radical (unpaired) electrons. The highest BCUT2D eigenvalue weighted by molar-refractivity contribution is 7.91. The first-order valence-corrected chi connectivity index (χ1v) is 8.14. The zero-order valence-electron chi connectivity index (χ0n) is 11.5. The van der Waals surface area contributed by atoms with Crippen molar-refractivity contribution in [3.05, 3.63) is 29.8 Å². The van der Waals surface area contributed by atoms with E-state index in [1.807, 2.05) is 13.0 Å². The van der Waals surface area contributed by atoms with Gasteiger partial charge >= 0.3 is 0 Å². The second-order valence-corrected chi connectivity index (χ2v) is 6.29. The third kappa shape index (κ3) is 5.70. The Hall–Kier alpha value is -1.42. The molecule has 1 aromatic rings. The molecule has 0 amide bonds. The van der Waals surface area contributed by atoms with Gasteiger partial charge in [-0.15, -0.1) is 0 Å². The van der Waals surface area contributed by atoms with E-state index in [4.69, 9.17) is 14.7 Å². The van der Waals surface area contributed by atoms with Gasteiger partial charge in [0.2, 0.25) is 0 Å². The van der Waals surface area contributed by atoms with E-state index < -0.39 is 9.84 Å². The molecule has 0 aliphatic heterocycles. The summed E-state index contributed by atoms with van der Waals surface area (Å²) in [5.41, 5.74) is 0.438. The Morgan fingerprint density at radius 2 is 1.65 bits per heavy atom. The number of nitriles is 1. The normalized spacial score (nSPS) is 11.2. The minimum absolute atomic E-state index is 0.0767. The molecule has 1 aromatic carbocycles. The van der Waals surface area contributed by atoms with Crippen LogP contribution in [0.1, 0.15) is 18.9 Å². The summed E-state index contributed by atoms with van der Waals surface area (Å²) in [7, 11) is -3.36. The summed E-state index contributed by atoms with van der Waals surface area (Å²) >= 11 is 0. The monoisotopic (exact) mass is 297 g/mol. The van der Waals surface area contributed by atoms with Gasteiger partial charge in [0.15, 0.2) is 9.84 Å². The summed E-state index contributed by atoms with van der Waals surface area (Å²) in [5.74, 6) is -0.0767. The molecule has 0 fully saturated rings. The van der Waals surface area contributed by atoms with Gasteiger partial charge in [0.25, 0.3) is 0 Å². The predicted octanol–water partition coefficient (Wildman–Crippen LogP) is 1.78. The molecule has 0 saturated heterocycles. The SMILES string of the molecule is CCCOCCOCCS(=O)(=O)c1ccc(C#N)cc1. The third-order valence-corrected chi connectivity index (χ3v) is 4.25. The topological polar surface area (TPSA) is 76.4 Å². The Morgan fingerprint density at radius 1 is 1.05 bits per heavy atom. The van der Waals surface area contributed by atoms with Crippen LogP contribution in [0.15, 0.2) is 29.2 Å². The molecule has 0 spiro atoms. The standard InChI is InChI=1S/C14H19NO4S/c1-2-7-18-8-9-19-10-11-20(16,17)14-5-3-13(12-15)4-6-14/h3-6H,2,7-11H2,1H3. The lowest BCUT2D eigenvalue weighted by Crippen LogP contribution is -2.14. The second kappa shape index (κ2) is 8.69. The molecule has 0 saturated carbocycles. The molecule has 1 rings (SSSR count). The van der Waals surface area contributed by atoms with Crippen molar-refractivity contribution in [2.45, 2.75) is 18.2 Å². The predicted molar refractivity (Wildman–Crippen MR) is 75.1 cm³/mol. The molecule has 0 N–H and O–H groups in total. The molecule has 110 valence electrons. The van der Waals surface area contributed by atoms with E-state index in [2.05, 4.69) is 0 Å². The van der Waals surface area contributed by atoms with E-state index in [1.165, 1.54) is 24.3 Å². The molecular formula is C14H19NO4S. The Morgan fingerprint density at radius 3 is 2.20 bits per heavy atom. The van der Waals surface area contributed by atoms with Gasteiger partial charge < -0.3 is 9.47 Å². The fourth-order valence-corrected chi connectivity index (χ4v) is 2.61. The van der Waals surface area contributed by atoms with E-state index in [1.54, 1.807) is 0 Å². The van der Waals surface area contributed by atoms with Gasteiger partial charge in [-0.1, -0.05) is 6.92 Å². The van der Waals surface area contributed by atoms with Crippen molar-refractivity contribution in [3.8, 4) is 6.07 Å². The maximum Gasteiger partial charge on any atom is 0.180 e. The molecule has 0 unspecified atom stereocenters. The van der Waals surface area contributed by atoms with Crippen LogP contribution in [0.3, 0.4) is 0 Å². The van der Waals surface area contributed by atoms with Crippen LogP contribution in [0.5, 0.6) is 0 Å². The van der Waals surface area contributed by atoms with E-state index in [0.29, 0.717) is 25.4 Å². The highest BCUT2D eigenvalue weighted by Crippen LogP contribution is 2.12. The largest absolute Gasteiger partial charge is 0.379 e. The number of benzene rings is 1. The number of sulfone groups is 1. The van der Waals surface area contributed by atoms with Gasteiger partial charge in [-0.3, -0.25) is 0 Å². The van der Waals surface area contributed by atoms with Crippen molar-refractivity contribution in [2.75, 3.05) is 32.2 Å². The summed E-state index contributed by atoms with van der Waals surface area (Å²) in [6.07, 6.45) is 0.951. The molecule has 6 heteroatoms. The molecule has 0 aliphatic rings. The van der Waals surface area contributed by atoms with Crippen LogP contribution in [0.4, 0.5) is 0 Å². The minimum Gasteiger partial charge on any atom is -0.379 e. The van der Waals surface area contributed by atoms with Crippen molar-refractivity contribution < 1.29 is 17.9 Å². The molecular weight excluding hydrogens is 278 g/mol. The van der Waals surface area contributed by atoms with Gasteiger partial charge in [0.05, 0.1) is 42.1 Å². The average Bonchev–Trinajstić information content (AvgIpc) is 2.46. The third-order valence-electron chi connectivity index (χ3n) is 2.56. The molecule has 0 heterocycles. The first-order valence-electron chi connectivity index (χ1n) is 6.48. The summed E-state index contributed by atoms with van der Waals surface area (Å²) in [6.45, 7) is 3.71. The maximum absolute atomic E-state index is 12.0. The molecule has 0 atom stereocenters. The Kier molecular flexibility index (Phi) is 7.23. The highest BCUT2D eigenvalue weighted by Gasteiger charge is 2.13. The summed E-state index contributed by atoms with van der Waals surface area (Å²) < 4.78 is 34.4. The van der Waals surface area contributed by atoms with Crippen LogP contribution < -0.4 is 0 Å². The van der Waals surface area contributed by atoms with Crippen LogP contribution in [-0.2, 0) is 19.3 Å². The van der Waals surface area contributed by atoms with E-state index in [9.17, 15) is 8.42 Å². The van der Waals surface area contributed by atoms with Crippen molar-refractivity contribution in [3.63, 3.8) is 0 Å². The van der Waals surface area contributed by atoms with Crippen LogP contribution in [0, 0.1) is 11.3 Å². The lowest BCUT2D eigenvalue weighted by atomic mass is 10.2.